The lowest BCUT2D eigenvalue weighted by molar-refractivity contribution is 0.116. The Balaban J connectivity index is 1.97. The third-order valence-electron chi connectivity index (χ3n) is 2.93. The van der Waals surface area contributed by atoms with Crippen molar-refractivity contribution in [2.24, 2.45) is 4.99 Å². The molecule has 2 rings (SSSR count). The SMILES string of the molecule is C=N/C=C\SCN(Cc1ccc(-c2nnc(C(F)F)o2)cc1)SC. The van der Waals surface area contributed by atoms with Gasteiger partial charge in [0.1, 0.15) is 0 Å². The molecule has 5 nitrogen and oxygen atoms in total. The summed E-state index contributed by atoms with van der Waals surface area (Å²) in [5, 5.41) is 8.85. The van der Waals surface area contributed by atoms with Crippen molar-refractivity contribution in [3.8, 4) is 11.5 Å². The van der Waals surface area contributed by atoms with E-state index in [4.69, 9.17) is 4.42 Å². The van der Waals surface area contributed by atoms with Gasteiger partial charge in [-0.15, -0.1) is 22.0 Å². The van der Waals surface area contributed by atoms with Gasteiger partial charge in [0.25, 0.3) is 5.89 Å². The summed E-state index contributed by atoms with van der Waals surface area (Å²) in [6.07, 6.45) is 0.897. The number of hydrogen-bond acceptors (Lipinski definition) is 7. The predicted octanol–water partition coefficient (Wildman–Crippen LogP) is 4.62. The van der Waals surface area contributed by atoms with Gasteiger partial charge >= 0.3 is 6.43 Å². The molecule has 0 unspecified atom stereocenters. The number of aromatic nitrogens is 2. The van der Waals surface area contributed by atoms with Crippen molar-refractivity contribution in [2.45, 2.75) is 13.0 Å². The van der Waals surface area contributed by atoms with Crippen LogP contribution in [-0.2, 0) is 6.54 Å². The van der Waals surface area contributed by atoms with Crippen molar-refractivity contribution >= 4 is 30.4 Å². The molecule has 1 heterocycles. The topological polar surface area (TPSA) is 54.5 Å². The van der Waals surface area contributed by atoms with Crippen LogP contribution in [0.2, 0.25) is 0 Å². The van der Waals surface area contributed by atoms with Crippen LogP contribution in [0.5, 0.6) is 0 Å². The Labute approximate surface area is 147 Å². The molecule has 0 bridgehead atoms. The molecule has 0 aliphatic rings. The number of thioether (sulfide) groups is 1. The average Bonchev–Trinajstić information content (AvgIpc) is 3.08. The van der Waals surface area contributed by atoms with Gasteiger partial charge in [-0.25, -0.2) is 4.31 Å². The second kappa shape index (κ2) is 9.55. The maximum Gasteiger partial charge on any atom is 0.314 e. The fourth-order valence-corrected chi connectivity index (χ4v) is 3.17. The number of halogens is 2. The lowest BCUT2D eigenvalue weighted by atomic mass is 10.1. The van der Waals surface area contributed by atoms with Gasteiger partial charge in [-0.05, 0) is 36.1 Å². The van der Waals surface area contributed by atoms with Gasteiger partial charge in [-0.1, -0.05) is 24.1 Å². The smallest absolute Gasteiger partial charge is 0.314 e. The zero-order valence-corrected chi connectivity index (χ0v) is 14.6. The summed E-state index contributed by atoms with van der Waals surface area (Å²) in [5.41, 5.74) is 1.70. The van der Waals surface area contributed by atoms with Crippen LogP contribution in [0.1, 0.15) is 17.9 Å². The number of rotatable bonds is 9. The van der Waals surface area contributed by atoms with Crippen molar-refractivity contribution in [3.63, 3.8) is 0 Å². The Bertz CT molecular complexity index is 676. The minimum atomic E-state index is -2.76. The van der Waals surface area contributed by atoms with Gasteiger partial charge in [-0.3, -0.25) is 4.99 Å². The molecule has 128 valence electrons. The van der Waals surface area contributed by atoms with E-state index in [1.54, 1.807) is 42.0 Å². The quantitative estimate of drug-likeness (QED) is 0.365. The molecule has 0 saturated heterocycles. The summed E-state index contributed by atoms with van der Waals surface area (Å²) in [4.78, 5) is 3.65. The van der Waals surface area contributed by atoms with Gasteiger partial charge in [0.15, 0.2) is 0 Å². The maximum atomic E-state index is 12.5. The molecular formula is C15H16F2N4OS2. The summed E-state index contributed by atoms with van der Waals surface area (Å²) < 4.78 is 32.1. The Kier molecular flexibility index (Phi) is 7.41. The zero-order valence-electron chi connectivity index (χ0n) is 12.9. The van der Waals surface area contributed by atoms with E-state index in [2.05, 4.69) is 26.2 Å². The Morgan fingerprint density at radius 3 is 2.67 bits per heavy atom. The van der Waals surface area contributed by atoms with Crippen molar-refractivity contribution < 1.29 is 13.2 Å². The lowest BCUT2D eigenvalue weighted by Gasteiger charge is -2.17. The second-order valence-corrected chi connectivity index (χ2v) is 6.27. The van der Waals surface area contributed by atoms with Crippen LogP contribution < -0.4 is 0 Å². The number of aliphatic imine (C=N–C) groups is 1. The molecule has 0 atom stereocenters. The van der Waals surface area contributed by atoms with Crippen LogP contribution in [0, 0.1) is 0 Å². The van der Waals surface area contributed by atoms with Gasteiger partial charge in [0.05, 0.1) is 5.88 Å². The van der Waals surface area contributed by atoms with E-state index in [1.165, 1.54) is 0 Å². The first-order valence-electron chi connectivity index (χ1n) is 6.86. The van der Waals surface area contributed by atoms with Crippen LogP contribution in [0.3, 0.4) is 0 Å². The molecule has 0 radical (unpaired) electrons. The number of benzene rings is 1. The average molecular weight is 370 g/mol. The van der Waals surface area contributed by atoms with Crippen molar-refractivity contribution in [1.29, 1.82) is 0 Å². The Morgan fingerprint density at radius 1 is 1.33 bits per heavy atom. The highest BCUT2D eigenvalue weighted by molar-refractivity contribution is 8.03. The van der Waals surface area contributed by atoms with Crippen LogP contribution in [-0.4, -0.2) is 33.4 Å². The summed E-state index contributed by atoms with van der Waals surface area (Å²) in [6, 6.07) is 7.39. The number of alkyl halides is 2. The fourth-order valence-electron chi connectivity index (χ4n) is 1.77. The third-order valence-corrected chi connectivity index (χ3v) is 4.64. The highest BCUT2D eigenvalue weighted by atomic mass is 32.2. The van der Waals surface area contributed by atoms with Gasteiger partial charge in [-0.2, -0.15) is 8.78 Å². The van der Waals surface area contributed by atoms with E-state index in [0.29, 0.717) is 5.56 Å². The lowest BCUT2D eigenvalue weighted by Crippen LogP contribution is -2.13. The summed E-state index contributed by atoms with van der Waals surface area (Å²) in [6.45, 7) is 4.13. The molecule has 24 heavy (non-hydrogen) atoms. The molecule has 1 aromatic carbocycles. The minimum Gasteiger partial charge on any atom is -0.415 e. The molecule has 9 heteroatoms. The normalized spacial score (nSPS) is 11.7. The van der Waals surface area contributed by atoms with Crippen LogP contribution in [0.25, 0.3) is 11.5 Å². The van der Waals surface area contributed by atoms with Crippen molar-refractivity contribution in [3.05, 3.63) is 47.3 Å². The zero-order chi connectivity index (χ0) is 17.4. The summed E-state index contributed by atoms with van der Waals surface area (Å²) in [5.74, 6) is 0.231. The Hall–Kier alpha value is -1.71. The molecule has 0 saturated carbocycles. The van der Waals surface area contributed by atoms with E-state index in [1.807, 2.05) is 23.8 Å². The highest BCUT2D eigenvalue weighted by Gasteiger charge is 2.16. The molecule has 1 aromatic heterocycles. The largest absolute Gasteiger partial charge is 0.415 e. The molecular weight excluding hydrogens is 354 g/mol. The van der Waals surface area contributed by atoms with Crippen LogP contribution >= 0.6 is 23.7 Å². The van der Waals surface area contributed by atoms with Crippen LogP contribution in [0.15, 0.2) is 45.3 Å². The first kappa shape index (κ1) is 18.6. The molecule has 0 aliphatic heterocycles. The third kappa shape index (κ3) is 5.43. The highest BCUT2D eigenvalue weighted by Crippen LogP contribution is 2.24. The molecule has 0 amide bonds. The first-order chi connectivity index (χ1) is 11.6. The van der Waals surface area contributed by atoms with Crippen molar-refractivity contribution in [1.82, 2.24) is 14.5 Å². The van der Waals surface area contributed by atoms with E-state index < -0.39 is 12.3 Å². The number of nitrogens with zero attached hydrogens (tertiary/aromatic N) is 4. The van der Waals surface area contributed by atoms with E-state index in [9.17, 15) is 8.78 Å². The molecule has 0 N–H and O–H groups in total. The van der Waals surface area contributed by atoms with Crippen molar-refractivity contribution in [2.75, 3.05) is 12.1 Å². The monoisotopic (exact) mass is 370 g/mol. The van der Waals surface area contributed by atoms with Gasteiger partial charge in [0.2, 0.25) is 5.89 Å². The first-order valence-corrected chi connectivity index (χ1v) is 9.09. The molecule has 0 aliphatic carbocycles. The second-order valence-electron chi connectivity index (χ2n) is 4.53. The molecule has 0 spiro atoms. The van der Waals surface area contributed by atoms with E-state index >= 15 is 0 Å². The minimum absolute atomic E-state index is 0.0937. The van der Waals surface area contributed by atoms with Crippen LogP contribution in [0.4, 0.5) is 8.78 Å². The molecule has 0 fully saturated rings. The predicted molar refractivity (Wildman–Crippen MR) is 94.9 cm³/mol. The fraction of sp³-hybridized carbons (Fsp3) is 0.267. The molecule has 2 aromatic rings. The Morgan fingerprint density at radius 2 is 2.08 bits per heavy atom. The standard InChI is InChI=1S/C15H16F2N4OS2/c1-18-7-8-24-10-21(23-2)9-11-3-5-12(6-4-11)14-19-20-15(22-14)13(16)17/h3-8,13H,1,9-10H2,2H3/b8-7-. The van der Waals surface area contributed by atoms with E-state index in [-0.39, 0.29) is 5.89 Å². The summed E-state index contributed by atoms with van der Waals surface area (Å²) >= 11 is 3.26. The summed E-state index contributed by atoms with van der Waals surface area (Å²) in [7, 11) is 0. The van der Waals surface area contributed by atoms with Gasteiger partial charge in [0, 0.05) is 18.3 Å². The van der Waals surface area contributed by atoms with E-state index in [0.717, 1.165) is 18.0 Å². The maximum absolute atomic E-state index is 12.5. The number of hydrogen-bond donors (Lipinski definition) is 0. The van der Waals surface area contributed by atoms with Gasteiger partial charge < -0.3 is 4.42 Å².